The van der Waals surface area contributed by atoms with E-state index in [4.69, 9.17) is 4.74 Å². The average Bonchev–Trinajstić information content (AvgIpc) is 2.82. The van der Waals surface area contributed by atoms with Crippen LogP contribution in [0.15, 0.2) is 82.8 Å². The van der Waals surface area contributed by atoms with Crippen LogP contribution in [-0.2, 0) is 14.8 Å². The molecule has 1 aliphatic rings. The minimum absolute atomic E-state index is 0.126. The van der Waals surface area contributed by atoms with Gasteiger partial charge in [-0.2, -0.15) is 16.9 Å². The number of hydrogen-bond donors (Lipinski definition) is 1. The third-order valence-corrected chi connectivity index (χ3v) is 8.21. The first-order chi connectivity index (χ1) is 16.8. The van der Waals surface area contributed by atoms with Crippen LogP contribution in [0.1, 0.15) is 11.1 Å². The summed E-state index contributed by atoms with van der Waals surface area (Å²) in [6.45, 7) is 1.36. The second-order valence-electron chi connectivity index (χ2n) is 7.94. The monoisotopic (exact) mass is 513 g/mol. The van der Waals surface area contributed by atoms with Crippen LogP contribution in [-0.4, -0.2) is 44.7 Å². The number of hydrazone groups is 1. The van der Waals surface area contributed by atoms with Crippen molar-refractivity contribution in [3.05, 3.63) is 89.7 Å². The fourth-order valence-corrected chi connectivity index (χ4v) is 5.20. The molecule has 10 heteroatoms. The molecular formula is C25H24FN3O4S2. The molecule has 0 spiro atoms. The minimum Gasteiger partial charge on any atom is -0.489 e. The second-order valence-corrected chi connectivity index (χ2v) is 10.9. The largest absolute Gasteiger partial charge is 0.489 e. The standard InChI is InChI=1S/C25H24FN3O4S2/c1-18-2-8-21(9-3-18)29(35(31,32)24-12-6-20(26)7-13-24)15-25(30)28-27-14-19-4-10-22(11-5-19)33-23-16-34-17-23/h2-14,23H,15-17H2,1H3,(H,28,30)/b27-14-. The van der Waals surface area contributed by atoms with Gasteiger partial charge >= 0.3 is 0 Å². The molecule has 0 aliphatic carbocycles. The van der Waals surface area contributed by atoms with E-state index in [0.717, 1.165) is 44.8 Å². The Balaban J connectivity index is 1.45. The van der Waals surface area contributed by atoms with Gasteiger partial charge in [0.25, 0.3) is 15.9 Å². The van der Waals surface area contributed by atoms with Crippen molar-refractivity contribution in [2.75, 3.05) is 22.4 Å². The topological polar surface area (TPSA) is 88.1 Å². The summed E-state index contributed by atoms with van der Waals surface area (Å²) < 4.78 is 46.6. The second kappa shape index (κ2) is 10.9. The fourth-order valence-electron chi connectivity index (χ4n) is 3.21. The fraction of sp³-hybridized carbons (Fsp3) is 0.200. The van der Waals surface area contributed by atoms with Crippen molar-refractivity contribution in [3.63, 3.8) is 0 Å². The normalized spacial score (nSPS) is 13.9. The summed E-state index contributed by atoms with van der Waals surface area (Å²) in [7, 11) is -4.13. The first-order valence-electron chi connectivity index (χ1n) is 10.8. The zero-order chi connectivity index (χ0) is 24.8. The Labute approximate surface area is 208 Å². The highest BCUT2D eigenvalue weighted by Crippen LogP contribution is 2.25. The zero-order valence-electron chi connectivity index (χ0n) is 18.9. The quantitative estimate of drug-likeness (QED) is 0.346. The van der Waals surface area contributed by atoms with Crippen molar-refractivity contribution in [2.45, 2.75) is 17.9 Å². The molecule has 0 saturated carbocycles. The van der Waals surface area contributed by atoms with Gasteiger partial charge in [-0.15, -0.1) is 0 Å². The molecule has 0 unspecified atom stereocenters. The molecular weight excluding hydrogens is 489 g/mol. The molecule has 1 aliphatic heterocycles. The van der Waals surface area contributed by atoms with Crippen molar-refractivity contribution in [1.29, 1.82) is 0 Å². The highest BCUT2D eigenvalue weighted by Gasteiger charge is 2.27. The van der Waals surface area contributed by atoms with Crippen LogP contribution >= 0.6 is 11.8 Å². The smallest absolute Gasteiger partial charge is 0.264 e. The van der Waals surface area contributed by atoms with Crippen LogP contribution in [0.3, 0.4) is 0 Å². The molecule has 7 nitrogen and oxygen atoms in total. The number of rotatable bonds is 9. The molecule has 4 rings (SSSR count). The van der Waals surface area contributed by atoms with E-state index in [2.05, 4.69) is 10.5 Å². The first kappa shape index (κ1) is 24.7. The van der Waals surface area contributed by atoms with Crippen molar-refractivity contribution in [3.8, 4) is 5.75 Å². The average molecular weight is 514 g/mol. The van der Waals surface area contributed by atoms with Crippen LogP contribution in [0.2, 0.25) is 0 Å². The lowest BCUT2D eigenvalue weighted by Crippen LogP contribution is -2.39. The lowest BCUT2D eigenvalue weighted by atomic mass is 10.2. The maximum absolute atomic E-state index is 13.3. The van der Waals surface area contributed by atoms with Gasteiger partial charge in [-0.3, -0.25) is 9.10 Å². The van der Waals surface area contributed by atoms with E-state index >= 15 is 0 Å². The number of amides is 1. The Hall–Kier alpha value is -3.37. The van der Waals surface area contributed by atoms with Gasteiger partial charge in [0, 0.05) is 11.5 Å². The maximum Gasteiger partial charge on any atom is 0.264 e. The predicted molar refractivity (Wildman–Crippen MR) is 136 cm³/mol. The molecule has 0 atom stereocenters. The Morgan fingerprint density at radius 3 is 2.34 bits per heavy atom. The van der Waals surface area contributed by atoms with Gasteiger partial charge in [-0.1, -0.05) is 17.7 Å². The van der Waals surface area contributed by atoms with E-state index in [1.54, 1.807) is 24.3 Å². The third kappa shape index (κ3) is 6.40. The Bertz CT molecular complexity index is 1290. The van der Waals surface area contributed by atoms with E-state index in [1.165, 1.54) is 18.3 Å². The SMILES string of the molecule is Cc1ccc(N(CC(=O)N/N=C\c2ccc(OC3CSC3)cc2)S(=O)(=O)c2ccc(F)cc2)cc1. The number of carbonyl (C=O) groups is 1. The molecule has 1 amide bonds. The highest BCUT2D eigenvalue weighted by atomic mass is 32.2. The summed E-state index contributed by atoms with van der Waals surface area (Å²) in [4.78, 5) is 12.5. The molecule has 0 radical (unpaired) electrons. The number of anilines is 1. The molecule has 3 aromatic rings. The molecule has 0 bridgehead atoms. The number of halogens is 1. The lowest BCUT2D eigenvalue weighted by molar-refractivity contribution is -0.119. The van der Waals surface area contributed by atoms with E-state index in [1.807, 2.05) is 43.0 Å². The zero-order valence-corrected chi connectivity index (χ0v) is 20.6. The summed E-state index contributed by atoms with van der Waals surface area (Å²) in [5, 5.41) is 3.95. The number of carbonyl (C=O) groups excluding carboxylic acids is 1. The van der Waals surface area contributed by atoms with E-state index < -0.39 is 28.3 Å². The Morgan fingerprint density at radius 2 is 1.74 bits per heavy atom. The van der Waals surface area contributed by atoms with Gasteiger partial charge in [0.1, 0.15) is 24.2 Å². The molecule has 182 valence electrons. The van der Waals surface area contributed by atoms with Gasteiger partial charge in [0.15, 0.2) is 0 Å². The number of thioether (sulfide) groups is 1. The molecule has 0 aromatic heterocycles. The van der Waals surface area contributed by atoms with Crippen LogP contribution < -0.4 is 14.5 Å². The molecule has 1 heterocycles. The molecule has 1 N–H and O–H groups in total. The van der Waals surface area contributed by atoms with Gasteiger partial charge in [-0.05, 0) is 73.2 Å². The van der Waals surface area contributed by atoms with Crippen molar-refractivity contribution in [1.82, 2.24) is 5.43 Å². The van der Waals surface area contributed by atoms with Crippen LogP contribution in [0, 0.1) is 12.7 Å². The molecule has 1 fully saturated rings. The molecule has 3 aromatic carbocycles. The number of nitrogens with zero attached hydrogens (tertiary/aromatic N) is 2. The van der Waals surface area contributed by atoms with E-state index in [0.29, 0.717) is 5.69 Å². The summed E-state index contributed by atoms with van der Waals surface area (Å²) in [5.74, 6) is 1.57. The number of aryl methyl sites for hydroxylation is 1. The maximum atomic E-state index is 13.3. The van der Waals surface area contributed by atoms with Crippen LogP contribution in [0.4, 0.5) is 10.1 Å². The molecule has 1 saturated heterocycles. The highest BCUT2D eigenvalue weighted by molar-refractivity contribution is 8.00. The molecule has 35 heavy (non-hydrogen) atoms. The van der Waals surface area contributed by atoms with E-state index in [9.17, 15) is 17.6 Å². The number of ether oxygens (including phenoxy) is 1. The van der Waals surface area contributed by atoms with Gasteiger partial charge < -0.3 is 4.74 Å². The van der Waals surface area contributed by atoms with Crippen LogP contribution in [0.5, 0.6) is 5.75 Å². The van der Waals surface area contributed by atoms with Crippen molar-refractivity contribution < 1.29 is 22.3 Å². The van der Waals surface area contributed by atoms with Gasteiger partial charge in [-0.25, -0.2) is 18.2 Å². The number of sulfonamides is 1. The Kier molecular flexibility index (Phi) is 7.72. The Morgan fingerprint density at radius 1 is 1.09 bits per heavy atom. The number of benzene rings is 3. The summed E-state index contributed by atoms with van der Waals surface area (Å²) in [6.07, 6.45) is 1.72. The van der Waals surface area contributed by atoms with Crippen molar-refractivity contribution >= 4 is 39.6 Å². The summed E-state index contributed by atoms with van der Waals surface area (Å²) in [6, 6.07) is 18.5. The van der Waals surface area contributed by atoms with Crippen LogP contribution in [0.25, 0.3) is 0 Å². The number of hydrogen-bond acceptors (Lipinski definition) is 6. The van der Waals surface area contributed by atoms with Gasteiger partial charge in [0.05, 0.1) is 16.8 Å². The predicted octanol–water partition coefficient (Wildman–Crippen LogP) is 3.97. The third-order valence-electron chi connectivity index (χ3n) is 5.20. The summed E-state index contributed by atoms with van der Waals surface area (Å²) in [5.41, 5.74) is 4.36. The first-order valence-corrected chi connectivity index (χ1v) is 13.4. The van der Waals surface area contributed by atoms with Gasteiger partial charge in [0.2, 0.25) is 0 Å². The van der Waals surface area contributed by atoms with Crippen molar-refractivity contribution in [2.24, 2.45) is 5.10 Å². The number of nitrogens with one attached hydrogen (secondary N) is 1. The minimum atomic E-state index is -4.13. The van der Waals surface area contributed by atoms with E-state index in [-0.39, 0.29) is 11.0 Å². The lowest BCUT2D eigenvalue weighted by Gasteiger charge is -2.25. The summed E-state index contributed by atoms with van der Waals surface area (Å²) >= 11 is 1.84.